The van der Waals surface area contributed by atoms with Gasteiger partial charge in [-0.05, 0) is 56.5 Å². The fourth-order valence-electron chi connectivity index (χ4n) is 2.60. The highest BCUT2D eigenvalue weighted by atomic mass is 16.3. The average Bonchev–Trinajstić information content (AvgIpc) is 2.90. The summed E-state index contributed by atoms with van der Waals surface area (Å²) >= 11 is 0. The van der Waals surface area contributed by atoms with Crippen LogP contribution in [0.4, 0.5) is 0 Å². The Labute approximate surface area is 87.3 Å². The lowest BCUT2D eigenvalue weighted by Crippen LogP contribution is -2.37. The molecule has 0 aromatic carbocycles. The zero-order valence-corrected chi connectivity index (χ0v) is 9.34. The maximum atomic E-state index is 8.99. The van der Waals surface area contributed by atoms with Crippen LogP contribution in [0.3, 0.4) is 0 Å². The van der Waals surface area contributed by atoms with Crippen LogP contribution in [0.25, 0.3) is 0 Å². The number of aliphatic hydroxyl groups excluding tert-OH is 1. The second-order valence-corrected chi connectivity index (χ2v) is 5.43. The Kier molecular flexibility index (Phi) is 3.13. The first-order valence-electron chi connectivity index (χ1n) is 6.07. The lowest BCUT2D eigenvalue weighted by molar-refractivity contribution is 0.142. The second-order valence-electron chi connectivity index (χ2n) is 5.43. The quantitative estimate of drug-likeness (QED) is 0.744. The maximum absolute atomic E-state index is 8.99. The zero-order chi connectivity index (χ0) is 10.0. The second kappa shape index (κ2) is 4.19. The van der Waals surface area contributed by atoms with Gasteiger partial charge in [-0.1, -0.05) is 6.92 Å². The van der Waals surface area contributed by atoms with Crippen LogP contribution in [0.2, 0.25) is 0 Å². The molecule has 82 valence electrons. The molecule has 1 saturated carbocycles. The number of piperidine rings is 1. The Bertz CT molecular complexity index is 181. The van der Waals surface area contributed by atoms with E-state index in [0.717, 1.165) is 12.3 Å². The van der Waals surface area contributed by atoms with Crippen molar-refractivity contribution in [2.24, 2.45) is 11.3 Å². The molecular weight excluding hydrogens is 174 g/mol. The molecule has 0 spiro atoms. The van der Waals surface area contributed by atoms with E-state index in [9.17, 15) is 0 Å². The van der Waals surface area contributed by atoms with E-state index in [1.54, 1.807) is 0 Å². The molecule has 0 bridgehead atoms. The number of nitrogens with zero attached hydrogens (tertiary/aromatic N) is 1. The van der Waals surface area contributed by atoms with Gasteiger partial charge in [-0.2, -0.15) is 0 Å². The van der Waals surface area contributed by atoms with Crippen LogP contribution in [-0.4, -0.2) is 36.2 Å². The summed E-state index contributed by atoms with van der Waals surface area (Å²) in [5, 5.41) is 8.99. The summed E-state index contributed by atoms with van der Waals surface area (Å²) in [7, 11) is 0. The third-order valence-electron chi connectivity index (χ3n) is 4.03. The zero-order valence-electron chi connectivity index (χ0n) is 9.34. The summed E-state index contributed by atoms with van der Waals surface area (Å²) < 4.78 is 0. The smallest absolute Gasteiger partial charge is 0.0436 e. The average molecular weight is 197 g/mol. The van der Waals surface area contributed by atoms with Crippen molar-refractivity contribution < 1.29 is 5.11 Å². The van der Waals surface area contributed by atoms with Crippen LogP contribution >= 0.6 is 0 Å². The molecule has 0 aromatic heterocycles. The van der Waals surface area contributed by atoms with E-state index in [2.05, 4.69) is 11.8 Å². The molecule has 1 aliphatic carbocycles. The van der Waals surface area contributed by atoms with Crippen LogP contribution in [0.1, 0.15) is 39.0 Å². The Morgan fingerprint density at radius 2 is 1.93 bits per heavy atom. The van der Waals surface area contributed by atoms with Crippen LogP contribution in [0.15, 0.2) is 0 Å². The van der Waals surface area contributed by atoms with Crippen LogP contribution in [0.5, 0.6) is 0 Å². The van der Waals surface area contributed by atoms with E-state index in [0.29, 0.717) is 12.0 Å². The number of likely N-dealkylation sites (tertiary alicyclic amines) is 1. The van der Waals surface area contributed by atoms with Gasteiger partial charge in [0.15, 0.2) is 0 Å². The largest absolute Gasteiger partial charge is 0.396 e. The van der Waals surface area contributed by atoms with Crippen molar-refractivity contribution in [3.63, 3.8) is 0 Å². The molecule has 2 rings (SSSR count). The fourth-order valence-corrected chi connectivity index (χ4v) is 2.60. The van der Waals surface area contributed by atoms with Crippen molar-refractivity contribution in [3.05, 3.63) is 0 Å². The third kappa shape index (κ3) is 2.48. The van der Waals surface area contributed by atoms with Crippen LogP contribution in [0, 0.1) is 11.3 Å². The molecule has 1 heterocycles. The predicted octanol–water partition coefficient (Wildman–Crippen LogP) is 1.88. The van der Waals surface area contributed by atoms with Gasteiger partial charge in [0.25, 0.3) is 0 Å². The molecule has 1 saturated heterocycles. The van der Waals surface area contributed by atoms with Gasteiger partial charge in [0, 0.05) is 13.2 Å². The van der Waals surface area contributed by atoms with Crippen molar-refractivity contribution in [1.29, 1.82) is 0 Å². The van der Waals surface area contributed by atoms with Gasteiger partial charge in [-0.15, -0.1) is 0 Å². The predicted molar refractivity (Wildman–Crippen MR) is 58.2 cm³/mol. The molecule has 0 atom stereocenters. The summed E-state index contributed by atoms with van der Waals surface area (Å²) in [6.45, 7) is 6.56. The van der Waals surface area contributed by atoms with E-state index >= 15 is 0 Å². The fraction of sp³-hybridized carbons (Fsp3) is 1.00. The summed E-state index contributed by atoms with van der Waals surface area (Å²) in [6.07, 6.45) is 6.46. The highest BCUT2D eigenvalue weighted by Gasteiger charge is 2.43. The van der Waals surface area contributed by atoms with Crippen molar-refractivity contribution in [2.45, 2.75) is 39.0 Å². The molecule has 2 aliphatic rings. The molecule has 0 aromatic rings. The number of hydrogen-bond acceptors (Lipinski definition) is 2. The normalized spacial score (nSPS) is 27.9. The first-order chi connectivity index (χ1) is 6.74. The van der Waals surface area contributed by atoms with Gasteiger partial charge in [0.2, 0.25) is 0 Å². The van der Waals surface area contributed by atoms with Crippen molar-refractivity contribution in [2.75, 3.05) is 26.2 Å². The Morgan fingerprint density at radius 1 is 1.29 bits per heavy atom. The molecule has 0 radical (unpaired) electrons. The third-order valence-corrected chi connectivity index (χ3v) is 4.03. The highest BCUT2D eigenvalue weighted by molar-refractivity contribution is 4.95. The molecule has 0 unspecified atom stereocenters. The highest BCUT2D eigenvalue weighted by Crippen LogP contribution is 2.49. The van der Waals surface area contributed by atoms with Crippen LogP contribution < -0.4 is 0 Å². The van der Waals surface area contributed by atoms with E-state index in [1.807, 2.05) is 0 Å². The molecule has 2 fully saturated rings. The standard InChI is InChI=1S/C12H23NO/c1-11-2-7-13(8-3-11)10-12(4-5-12)6-9-14/h11,14H,2-10H2,1H3. The van der Waals surface area contributed by atoms with Gasteiger partial charge in [-0.25, -0.2) is 0 Å². The number of rotatable bonds is 4. The summed E-state index contributed by atoms with van der Waals surface area (Å²) in [4.78, 5) is 2.61. The van der Waals surface area contributed by atoms with E-state index in [1.165, 1.54) is 45.3 Å². The first kappa shape index (κ1) is 10.4. The lowest BCUT2D eigenvalue weighted by atomic mass is 9.96. The summed E-state index contributed by atoms with van der Waals surface area (Å²) in [6, 6.07) is 0. The first-order valence-corrected chi connectivity index (χ1v) is 6.07. The summed E-state index contributed by atoms with van der Waals surface area (Å²) in [5.41, 5.74) is 0.523. The minimum absolute atomic E-state index is 0.379. The molecular formula is C12H23NO. The monoisotopic (exact) mass is 197 g/mol. The van der Waals surface area contributed by atoms with Gasteiger partial charge < -0.3 is 10.0 Å². The molecule has 2 nitrogen and oxygen atoms in total. The van der Waals surface area contributed by atoms with Crippen molar-refractivity contribution in [1.82, 2.24) is 4.90 Å². The topological polar surface area (TPSA) is 23.5 Å². The van der Waals surface area contributed by atoms with E-state index in [4.69, 9.17) is 5.11 Å². The Hall–Kier alpha value is -0.0800. The molecule has 2 heteroatoms. The maximum Gasteiger partial charge on any atom is 0.0436 e. The minimum Gasteiger partial charge on any atom is -0.396 e. The van der Waals surface area contributed by atoms with Crippen molar-refractivity contribution in [3.8, 4) is 0 Å². The Balaban J connectivity index is 1.75. The molecule has 1 N–H and O–H groups in total. The van der Waals surface area contributed by atoms with Gasteiger partial charge in [0.1, 0.15) is 0 Å². The van der Waals surface area contributed by atoms with E-state index in [-0.39, 0.29) is 0 Å². The minimum atomic E-state index is 0.379. The number of hydrogen-bond donors (Lipinski definition) is 1. The lowest BCUT2D eigenvalue weighted by Gasteiger charge is -2.33. The van der Waals surface area contributed by atoms with Gasteiger partial charge >= 0.3 is 0 Å². The Morgan fingerprint density at radius 3 is 2.43 bits per heavy atom. The SMILES string of the molecule is CC1CCN(CC2(CCO)CC2)CC1. The molecule has 1 aliphatic heterocycles. The molecule has 14 heavy (non-hydrogen) atoms. The van der Waals surface area contributed by atoms with Crippen molar-refractivity contribution >= 4 is 0 Å². The van der Waals surface area contributed by atoms with Crippen LogP contribution in [-0.2, 0) is 0 Å². The van der Waals surface area contributed by atoms with Gasteiger partial charge in [-0.3, -0.25) is 0 Å². The van der Waals surface area contributed by atoms with Gasteiger partial charge in [0.05, 0.1) is 0 Å². The molecule has 0 amide bonds. The van der Waals surface area contributed by atoms with E-state index < -0.39 is 0 Å². The summed E-state index contributed by atoms with van der Waals surface area (Å²) in [5.74, 6) is 0.930. The number of aliphatic hydroxyl groups is 1.